The second-order valence-corrected chi connectivity index (χ2v) is 6.84. The number of carboxylic acid groups (broad SMARTS) is 1. The Balaban J connectivity index is 1.87. The van der Waals surface area contributed by atoms with E-state index in [1.165, 1.54) is 9.75 Å². The zero-order valence-corrected chi connectivity index (χ0v) is 13.2. The van der Waals surface area contributed by atoms with Crippen molar-refractivity contribution < 1.29 is 14.7 Å². The highest BCUT2D eigenvalue weighted by molar-refractivity contribution is 7.12. The van der Waals surface area contributed by atoms with Crippen molar-refractivity contribution in [2.45, 2.75) is 39.3 Å². The van der Waals surface area contributed by atoms with Crippen LogP contribution in [0.5, 0.6) is 0 Å². The number of nitrogens with one attached hydrogen (secondary N) is 2. The first kappa shape index (κ1) is 15.6. The molecule has 0 aromatic carbocycles. The quantitative estimate of drug-likeness (QED) is 0.748. The van der Waals surface area contributed by atoms with E-state index in [0.29, 0.717) is 6.42 Å². The van der Waals surface area contributed by atoms with Crippen LogP contribution in [0.25, 0.3) is 0 Å². The highest BCUT2D eigenvalue weighted by Gasteiger charge is 2.25. The summed E-state index contributed by atoms with van der Waals surface area (Å²) in [6, 6.07) is 1.52. The van der Waals surface area contributed by atoms with Crippen LogP contribution in [0, 0.1) is 19.8 Å². The third-order valence-corrected chi connectivity index (χ3v) is 4.59. The number of hydrogen-bond donors (Lipinski definition) is 3. The van der Waals surface area contributed by atoms with Crippen molar-refractivity contribution in [1.82, 2.24) is 10.6 Å². The molecule has 2 rings (SSSR count). The minimum atomic E-state index is -0.853. The lowest BCUT2D eigenvalue weighted by Gasteiger charge is -2.17. The van der Waals surface area contributed by atoms with Crippen LogP contribution in [0.2, 0.25) is 0 Å². The minimum absolute atomic E-state index is 0.0735. The van der Waals surface area contributed by atoms with Crippen molar-refractivity contribution in [3.05, 3.63) is 33.5 Å². The molecule has 5 nitrogen and oxygen atoms in total. The van der Waals surface area contributed by atoms with E-state index in [1.807, 2.05) is 20.8 Å². The molecule has 1 aromatic rings. The summed E-state index contributed by atoms with van der Waals surface area (Å²) in [6.07, 6.45) is 3.78. The van der Waals surface area contributed by atoms with E-state index in [4.69, 9.17) is 5.11 Å². The molecule has 2 amide bonds. The van der Waals surface area contributed by atoms with Crippen molar-refractivity contribution in [2.24, 2.45) is 5.92 Å². The van der Waals surface area contributed by atoms with Crippen molar-refractivity contribution in [3.63, 3.8) is 0 Å². The molecule has 0 radical (unpaired) electrons. The Labute approximate surface area is 128 Å². The number of hydrogen-bond acceptors (Lipinski definition) is 3. The van der Waals surface area contributed by atoms with Gasteiger partial charge in [0.2, 0.25) is 0 Å². The predicted molar refractivity (Wildman–Crippen MR) is 82.5 cm³/mol. The number of carbonyl (C=O) groups excluding carboxylic acids is 1. The summed E-state index contributed by atoms with van der Waals surface area (Å²) in [5.74, 6) is -1.36. The van der Waals surface area contributed by atoms with Crippen LogP contribution in [0.1, 0.15) is 34.7 Å². The van der Waals surface area contributed by atoms with Gasteiger partial charge in [-0.25, -0.2) is 4.79 Å². The van der Waals surface area contributed by atoms with Crippen LogP contribution < -0.4 is 10.6 Å². The highest BCUT2D eigenvalue weighted by Crippen LogP contribution is 2.26. The molecule has 114 valence electrons. The molecule has 3 atom stereocenters. The number of rotatable bonds is 4. The Kier molecular flexibility index (Phi) is 4.67. The van der Waals surface area contributed by atoms with Gasteiger partial charge in [-0.05, 0) is 38.8 Å². The first-order chi connectivity index (χ1) is 9.86. The Bertz CT molecular complexity index is 579. The SMILES string of the molecule is Cc1cc(C(C)NC(=O)NC2C=CC(C(=O)O)C2)c(C)s1. The van der Waals surface area contributed by atoms with Gasteiger partial charge in [0.25, 0.3) is 0 Å². The molecule has 0 saturated carbocycles. The fourth-order valence-corrected chi connectivity index (χ4v) is 3.58. The Morgan fingerprint density at radius 2 is 2.10 bits per heavy atom. The molecule has 1 heterocycles. The van der Waals surface area contributed by atoms with Crippen LogP contribution >= 0.6 is 11.3 Å². The summed E-state index contributed by atoms with van der Waals surface area (Å²) in [4.78, 5) is 25.3. The predicted octanol–water partition coefficient (Wildman–Crippen LogP) is 2.75. The minimum Gasteiger partial charge on any atom is -0.481 e. The summed E-state index contributed by atoms with van der Waals surface area (Å²) in [5.41, 5.74) is 1.12. The van der Waals surface area contributed by atoms with Gasteiger partial charge in [-0.1, -0.05) is 12.2 Å². The van der Waals surface area contributed by atoms with Gasteiger partial charge in [0.15, 0.2) is 0 Å². The van der Waals surface area contributed by atoms with E-state index in [0.717, 1.165) is 5.56 Å². The number of aryl methyl sites for hydroxylation is 2. The summed E-state index contributed by atoms with van der Waals surface area (Å²) >= 11 is 1.71. The maximum atomic E-state index is 12.0. The smallest absolute Gasteiger partial charge is 0.315 e. The van der Waals surface area contributed by atoms with Crippen molar-refractivity contribution >= 4 is 23.3 Å². The van der Waals surface area contributed by atoms with Crippen molar-refractivity contribution in [1.29, 1.82) is 0 Å². The van der Waals surface area contributed by atoms with Gasteiger partial charge in [-0.15, -0.1) is 11.3 Å². The monoisotopic (exact) mass is 308 g/mol. The van der Waals surface area contributed by atoms with E-state index in [9.17, 15) is 9.59 Å². The van der Waals surface area contributed by atoms with Gasteiger partial charge in [-0.3, -0.25) is 4.79 Å². The summed E-state index contributed by atoms with van der Waals surface area (Å²) in [6.45, 7) is 6.03. The van der Waals surface area contributed by atoms with Crippen molar-refractivity contribution in [3.8, 4) is 0 Å². The Morgan fingerprint density at radius 3 is 2.62 bits per heavy atom. The van der Waals surface area contributed by atoms with Crippen LogP contribution in [-0.4, -0.2) is 23.1 Å². The molecule has 1 aliphatic rings. The van der Waals surface area contributed by atoms with E-state index in [-0.39, 0.29) is 18.1 Å². The average Bonchev–Trinajstić information content (AvgIpc) is 2.95. The zero-order chi connectivity index (χ0) is 15.6. The van der Waals surface area contributed by atoms with Gasteiger partial charge in [0.1, 0.15) is 0 Å². The second kappa shape index (κ2) is 6.30. The number of carboxylic acids is 1. The Morgan fingerprint density at radius 1 is 1.38 bits per heavy atom. The maximum absolute atomic E-state index is 12.0. The molecule has 1 aromatic heterocycles. The topological polar surface area (TPSA) is 78.4 Å². The molecule has 1 aliphatic carbocycles. The van der Waals surface area contributed by atoms with E-state index in [1.54, 1.807) is 23.5 Å². The van der Waals surface area contributed by atoms with Gasteiger partial charge < -0.3 is 15.7 Å². The molecule has 0 bridgehead atoms. The molecular formula is C15H20N2O3S. The van der Waals surface area contributed by atoms with Gasteiger partial charge in [0, 0.05) is 9.75 Å². The lowest BCUT2D eigenvalue weighted by Crippen LogP contribution is -2.42. The lowest BCUT2D eigenvalue weighted by atomic mass is 10.1. The Hall–Kier alpha value is -1.82. The number of thiophene rings is 1. The van der Waals surface area contributed by atoms with Gasteiger partial charge >= 0.3 is 12.0 Å². The largest absolute Gasteiger partial charge is 0.481 e. The van der Waals surface area contributed by atoms with Crippen LogP contribution in [0.15, 0.2) is 18.2 Å². The molecule has 0 aliphatic heterocycles. The normalized spacial score (nSPS) is 22.0. The fraction of sp³-hybridized carbons (Fsp3) is 0.467. The number of urea groups is 1. The van der Waals surface area contributed by atoms with Gasteiger partial charge in [-0.2, -0.15) is 0 Å². The standard InChI is InChI=1S/C15H20N2O3S/c1-8-6-13(10(3)21-8)9(2)16-15(20)17-12-5-4-11(7-12)14(18)19/h4-6,9,11-12H,7H2,1-3H3,(H,18,19)(H2,16,17,20). The fourth-order valence-electron chi connectivity index (χ4n) is 2.55. The highest BCUT2D eigenvalue weighted by atomic mass is 32.1. The lowest BCUT2D eigenvalue weighted by molar-refractivity contribution is -0.140. The third kappa shape index (κ3) is 3.85. The zero-order valence-electron chi connectivity index (χ0n) is 12.3. The summed E-state index contributed by atoms with van der Waals surface area (Å²) in [7, 11) is 0. The van der Waals surface area contributed by atoms with Crippen LogP contribution in [-0.2, 0) is 4.79 Å². The number of aliphatic carboxylic acids is 1. The van der Waals surface area contributed by atoms with Gasteiger partial charge in [0.05, 0.1) is 18.0 Å². The maximum Gasteiger partial charge on any atom is 0.315 e. The van der Waals surface area contributed by atoms with Crippen molar-refractivity contribution in [2.75, 3.05) is 0 Å². The molecule has 3 unspecified atom stereocenters. The molecule has 21 heavy (non-hydrogen) atoms. The summed E-state index contributed by atoms with van der Waals surface area (Å²) < 4.78 is 0. The second-order valence-electron chi connectivity index (χ2n) is 5.38. The first-order valence-electron chi connectivity index (χ1n) is 6.92. The number of amides is 2. The van der Waals surface area contributed by atoms with Crippen LogP contribution in [0.3, 0.4) is 0 Å². The molecule has 0 saturated heterocycles. The summed E-state index contributed by atoms with van der Waals surface area (Å²) in [5, 5.41) is 14.6. The van der Waals surface area contributed by atoms with E-state index < -0.39 is 11.9 Å². The molecule has 0 fully saturated rings. The molecular weight excluding hydrogens is 288 g/mol. The molecule has 3 N–H and O–H groups in total. The van der Waals surface area contributed by atoms with E-state index >= 15 is 0 Å². The first-order valence-corrected chi connectivity index (χ1v) is 7.73. The molecule has 0 spiro atoms. The van der Waals surface area contributed by atoms with Crippen LogP contribution in [0.4, 0.5) is 4.79 Å². The molecule has 6 heteroatoms. The number of carbonyl (C=O) groups is 2. The van der Waals surface area contributed by atoms with E-state index in [2.05, 4.69) is 16.7 Å². The third-order valence-electron chi connectivity index (χ3n) is 3.61. The average molecular weight is 308 g/mol.